The van der Waals surface area contributed by atoms with Gasteiger partial charge in [0, 0.05) is 11.2 Å². The van der Waals surface area contributed by atoms with E-state index < -0.39 is 23.4 Å². The molecule has 0 bridgehead atoms. The molecular formula is C29H34ClN3O5. The van der Waals surface area contributed by atoms with Gasteiger partial charge in [-0.1, -0.05) is 49.7 Å². The lowest BCUT2D eigenvalue weighted by Crippen LogP contribution is -2.51. The van der Waals surface area contributed by atoms with Gasteiger partial charge in [-0.2, -0.15) is 0 Å². The first-order valence-electron chi connectivity index (χ1n) is 12.3. The summed E-state index contributed by atoms with van der Waals surface area (Å²) in [4.78, 5) is 41.4. The highest BCUT2D eigenvalue weighted by Gasteiger charge is 2.35. The van der Waals surface area contributed by atoms with Gasteiger partial charge in [-0.25, -0.2) is 0 Å². The molecule has 9 heteroatoms. The summed E-state index contributed by atoms with van der Waals surface area (Å²) in [5.74, 6) is -0.663. The maximum absolute atomic E-state index is 13.8. The number of ether oxygens (including phenoxy) is 1. The molecule has 0 aliphatic rings. The molecule has 8 nitrogen and oxygen atoms in total. The van der Waals surface area contributed by atoms with Crippen molar-refractivity contribution >= 4 is 35.0 Å². The van der Waals surface area contributed by atoms with Crippen molar-refractivity contribution in [3.05, 3.63) is 82.8 Å². The van der Waals surface area contributed by atoms with E-state index in [0.717, 1.165) is 5.56 Å². The largest absolute Gasteiger partial charge is 0.495 e. The Hall–Kier alpha value is -3.78. The van der Waals surface area contributed by atoms with Gasteiger partial charge >= 0.3 is 0 Å². The van der Waals surface area contributed by atoms with Crippen molar-refractivity contribution < 1.29 is 23.5 Å². The normalized spacial score (nSPS) is 12.1. The number of carbonyl (C=O) groups excluding carboxylic acids is 3. The number of furan rings is 1. The Kier molecular flexibility index (Phi) is 9.22. The second-order valence-corrected chi connectivity index (χ2v) is 10.6. The molecule has 3 rings (SSSR count). The number of nitrogens with zero attached hydrogens (tertiary/aromatic N) is 1. The Labute approximate surface area is 228 Å². The van der Waals surface area contributed by atoms with Crippen LogP contribution in [-0.2, 0) is 9.59 Å². The van der Waals surface area contributed by atoms with E-state index in [4.69, 9.17) is 20.8 Å². The van der Waals surface area contributed by atoms with Crippen LogP contribution < -0.4 is 20.3 Å². The molecular weight excluding hydrogens is 506 g/mol. The SMILES string of the molecule is COc1ccc(N(C(=O)CNC(=O)c2ccco2)[C@@H](C(=O)NC(C)(C)C)c2ccc(C(C)C)cc2)cc1Cl. The minimum atomic E-state index is -1.05. The smallest absolute Gasteiger partial charge is 0.287 e. The van der Waals surface area contributed by atoms with Crippen molar-refractivity contribution in [2.24, 2.45) is 0 Å². The van der Waals surface area contributed by atoms with Crippen molar-refractivity contribution in [3.8, 4) is 5.75 Å². The quantitative estimate of drug-likeness (QED) is 0.375. The zero-order valence-electron chi connectivity index (χ0n) is 22.5. The lowest BCUT2D eigenvalue weighted by atomic mass is 9.96. The van der Waals surface area contributed by atoms with E-state index in [-0.39, 0.29) is 23.2 Å². The molecule has 3 aromatic rings. The standard InChI is InChI=1S/C29H34ClN3O5/c1-18(2)19-9-11-20(12-10-19)26(28(36)32-29(3,4)5)33(21-13-14-23(37-6)22(30)16-21)25(34)17-31-27(35)24-8-7-15-38-24/h7-16,18,26H,17H2,1-6H3,(H,31,35)(H,32,36)/t26-/m1/s1. The summed E-state index contributed by atoms with van der Waals surface area (Å²) < 4.78 is 10.4. The molecule has 0 radical (unpaired) electrons. The van der Waals surface area contributed by atoms with Gasteiger partial charge in [-0.05, 0) is 68.1 Å². The molecule has 3 amide bonds. The van der Waals surface area contributed by atoms with E-state index in [1.165, 1.54) is 24.3 Å². The zero-order chi connectivity index (χ0) is 28.0. The molecule has 0 aliphatic heterocycles. The van der Waals surface area contributed by atoms with E-state index in [1.54, 1.807) is 24.3 Å². The van der Waals surface area contributed by atoms with E-state index in [1.807, 2.05) is 45.0 Å². The molecule has 0 saturated carbocycles. The minimum Gasteiger partial charge on any atom is -0.495 e. The van der Waals surface area contributed by atoms with Gasteiger partial charge in [0.05, 0.1) is 24.9 Å². The highest BCUT2D eigenvalue weighted by Crippen LogP contribution is 2.34. The lowest BCUT2D eigenvalue weighted by Gasteiger charge is -2.34. The van der Waals surface area contributed by atoms with Crippen LogP contribution in [0.25, 0.3) is 0 Å². The fourth-order valence-corrected chi connectivity index (χ4v) is 4.15. The monoisotopic (exact) mass is 539 g/mol. The predicted octanol–water partition coefficient (Wildman–Crippen LogP) is 5.48. The van der Waals surface area contributed by atoms with Crippen LogP contribution in [0.3, 0.4) is 0 Å². The third-order valence-electron chi connectivity index (χ3n) is 5.75. The molecule has 0 spiro atoms. The van der Waals surface area contributed by atoms with Gasteiger partial charge in [0.15, 0.2) is 5.76 Å². The van der Waals surface area contributed by atoms with Crippen LogP contribution in [-0.4, -0.2) is 36.9 Å². The van der Waals surface area contributed by atoms with Crippen LogP contribution in [0.1, 0.15) is 68.3 Å². The van der Waals surface area contributed by atoms with Crippen LogP contribution in [0.15, 0.2) is 65.3 Å². The van der Waals surface area contributed by atoms with Gasteiger partial charge in [0.1, 0.15) is 11.8 Å². The van der Waals surface area contributed by atoms with E-state index in [2.05, 4.69) is 24.5 Å². The maximum atomic E-state index is 13.8. The molecule has 2 N–H and O–H groups in total. The number of hydrogen-bond donors (Lipinski definition) is 2. The fraction of sp³-hybridized carbons (Fsp3) is 0.345. The Bertz CT molecular complexity index is 1260. The number of hydrogen-bond acceptors (Lipinski definition) is 5. The van der Waals surface area contributed by atoms with Crippen molar-refractivity contribution in [2.75, 3.05) is 18.6 Å². The average Bonchev–Trinajstić information content (AvgIpc) is 3.39. The van der Waals surface area contributed by atoms with Crippen LogP contribution in [0.4, 0.5) is 5.69 Å². The van der Waals surface area contributed by atoms with Crippen molar-refractivity contribution in [1.82, 2.24) is 10.6 Å². The van der Waals surface area contributed by atoms with Gasteiger partial charge in [0.25, 0.3) is 5.91 Å². The van der Waals surface area contributed by atoms with Gasteiger partial charge in [-0.3, -0.25) is 19.3 Å². The molecule has 2 aromatic carbocycles. The number of methoxy groups -OCH3 is 1. The second kappa shape index (κ2) is 12.2. The third kappa shape index (κ3) is 7.16. The summed E-state index contributed by atoms with van der Waals surface area (Å²) in [6.45, 7) is 9.37. The summed E-state index contributed by atoms with van der Waals surface area (Å²) in [5, 5.41) is 5.84. The molecule has 0 saturated heterocycles. The number of benzene rings is 2. The molecule has 0 fully saturated rings. The topological polar surface area (TPSA) is 101 Å². The second-order valence-electron chi connectivity index (χ2n) is 10.2. The first-order valence-corrected chi connectivity index (χ1v) is 12.7. The van der Waals surface area contributed by atoms with Gasteiger partial charge < -0.3 is 19.8 Å². The number of carbonyl (C=O) groups is 3. The summed E-state index contributed by atoms with van der Waals surface area (Å²) >= 11 is 6.42. The number of amides is 3. The van der Waals surface area contributed by atoms with E-state index in [0.29, 0.717) is 22.9 Å². The minimum absolute atomic E-state index is 0.0724. The van der Waals surface area contributed by atoms with Gasteiger partial charge in [-0.15, -0.1) is 0 Å². The van der Waals surface area contributed by atoms with Crippen molar-refractivity contribution in [2.45, 2.75) is 52.1 Å². The van der Waals surface area contributed by atoms with E-state index >= 15 is 0 Å². The lowest BCUT2D eigenvalue weighted by molar-refractivity contribution is -0.127. The maximum Gasteiger partial charge on any atom is 0.287 e. The van der Waals surface area contributed by atoms with Crippen molar-refractivity contribution in [1.29, 1.82) is 0 Å². The number of nitrogens with one attached hydrogen (secondary N) is 2. The summed E-state index contributed by atoms with van der Waals surface area (Å²) in [7, 11) is 1.49. The number of halogens is 1. The van der Waals surface area contributed by atoms with Crippen LogP contribution in [0.2, 0.25) is 5.02 Å². The molecule has 0 unspecified atom stereocenters. The Balaban J connectivity index is 2.08. The Morgan fingerprint density at radius 1 is 1.03 bits per heavy atom. The van der Waals surface area contributed by atoms with Crippen LogP contribution in [0.5, 0.6) is 5.75 Å². The number of anilines is 1. The van der Waals surface area contributed by atoms with Gasteiger partial charge in [0.2, 0.25) is 11.8 Å². The Morgan fingerprint density at radius 2 is 1.68 bits per heavy atom. The molecule has 1 atom stereocenters. The van der Waals surface area contributed by atoms with E-state index in [9.17, 15) is 14.4 Å². The molecule has 1 aromatic heterocycles. The zero-order valence-corrected chi connectivity index (χ0v) is 23.3. The third-order valence-corrected chi connectivity index (χ3v) is 6.05. The van der Waals surface area contributed by atoms with Crippen LogP contribution >= 0.6 is 11.6 Å². The highest BCUT2D eigenvalue weighted by atomic mass is 35.5. The predicted molar refractivity (Wildman–Crippen MR) is 148 cm³/mol. The summed E-state index contributed by atoms with van der Waals surface area (Å²) in [6.07, 6.45) is 1.37. The molecule has 202 valence electrons. The average molecular weight is 540 g/mol. The molecule has 38 heavy (non-hydrogen) atoms. The first kappa shape index (κ1) is 28.8. The summed E-state index contributed by atoms with van der Waals surface area (Å²) in [6, 6.07) is 14.4. The highest BCUT2D eigenvalue weighted by molar-refractivity contribution is 6.32. The summed E-state index contributed by atoms with van der Waals surface area (Å²) in [5.41, 5.74) is 1.51. The fourth-order valence-electron chi connectivity index (χ4n) is 3.90. The first-order chi connectivity index (χ1) is 17.9. The van der Waals surface area contributed by atoms with Crippen molar-refractivity contribution in [3.63, 3.8) is 0 Å². The molecule has 1 heterocycles. The molecule has 0 aliphatic carbocycles. The Morgan fingerprint density at radius 3 is 2.21 bits per heavy atom. The number of rotatable bonds is 9. The van der Waals surface area contributed by atoms with Crippen LogP contribution in [0, 0.1) is 0 Å².